The molecule has 0 fully saturated rings. The Kier molecular flexibility index (Phi) is 5.24. The van der Waals surface area contributed by atoms with Crippen LogP contribution >= 0.6 is 12.2 Å². The first-order valence-corrected chi connectivity index (χ1v) is 7.23. The van der Waals surface area contributed by atoms with Crippen molar-refractivity contribution in [1.82, 2.24) is 14.3 Å². The summed E-state index contributed by atoms with van der Waals surface area (Å²) in [4.78, 5) is 10.9. The molecular formula is C15H18N4O2S. The summed E-state index contributed by atoms with van der Waals surface area (Å²) in [5.41, 5.74) is 6.67. The molecule has 0 unspecified atom stereocenters. The molecule has 1 atom stereocenters. The first-order valence-electron chi connectivity index (χ1n) is 6.82. The van der Waals surface area contributed by atoms with Crippen LogP contribution in [0.2, 0.25) is 0 Å². The predicted octanol–water partition coefficient (Wildman–Crippen LogP) is 1.60. The van der Waals surface area contributed by atoms with Crippen LogP contribution in [0.5, 0.6) is 0 Å². The number of carboxylic acids is 1. The zero-order valence-corrected chi connectivity index (χ0v) is 12.9. The maximum atomic E-state index is 10.9. The molecule has 0 amide bonds. The molecule has 0 aliphatic rings. The molecule has 1 heterocycles. The fraction of sp³-hybridized carbons (Fsp3) is 0.267. The number of hydrogen-bond donors (Lipinski definition) is 2. The van der Waals surface area contributed by atoms with Crippen LogP contribution in [0.25, 0.3) is 0 Å². The average molecular weight is 318 g/mol. The van der Waals surface area contributed by atoms with Crippen LogP contribution in [-0.4, -0.2) is 31.5 Å². The van der Waals surface area contributed by atoms with E-state index in [0.29, 0.717) is 17.7 Å². The van der Waals surface area contributed by atoms with Gasteiger partial charge in [0.2, 0.25) is 0 Å². The molecule has 0 saturated heterocycles. The molecule has 3 N–H and O–H groups in total. The number of aromatic nitrogens is 3. The molecule has 0 aliphatic heterocycles. The van der Waals surface area contributed by atoms with Gasteiger partial charge in [0.15, 0.2) is 4.77 Å². The Morgan fingerprint density at radius 2 is 2.14 bits per heavy atom. The van der Waals surface area contributed by atoms with E-state index in [0.717, 1.165) is 11.4 Å². The average Bonchev–Trinajstić information content (AvgIpc) is 2.77. The van der Waals surface area contributed by atoms with Crippen LogP contribution in [0.15, 0.2) is 43.0 Å². The predicted molar refractivity (Wildman–Crippen MR) is 86.1 cm³/mol. The van der Waals surface area contributed by atoms with E-state index in [1.54, 1.807) is 6.08 Å². The van der Waals surface area contributed by atoms with Gasteiger partial charge in [-0.15, -0.1) is 6.58 Å². The molecule has 2 aromatic rings. The van der Waals surface area contributed by atoms with Gasteiger partial charge in [0.25, 0.3) is 0 Å². The van der Waals surface area contributed by atoms with Gasteiger partial charge in [-0.3, -0.25) is 9.36 Å². The van der Waals surface area contributed by atoms with Crippen LogP contribution < -0.4 is 5.73 Å². The summed E-state index contributed by atoms with van der Waals surface area (Å²) in [5, 5.41) is 13.4. The standard InChI is InChI=1S/C15H18N4O2S/c1-2-8-18-13(9-11-6-4-3-5-7-11)17-19(15(18)22)10-12(16)14(20)21/h2-7,12H,1,8-10,16H2,(H,20,21)/t12-/m0/s1. The minimum absolute atomic E-state index is 0.0418. The largest absolute Gasteiger partial charge is 0.480 e. The van der Waals surface area contributed by atoms with Gasteiger partial charge in [0.05, 0.1) is 6.54 Å². The van der Waals surface area contributed by atoms with Gasteiger partial charge >= 0.3 is 5.97 Å². The zero-order valence-electron chi connectivity index (χ0n) is 12.1. The van der Waals surface area contributed by atoms with Crippen molar-refractivity contribution in [3.63, 3.8) is 0 Å². The van der Waals surface area contributed by atoms with Crippen molar-refractivity contribution >= 4 is 18.2 Å². The van der Waals surface area contributed by atoms with Crippen molar-refractivity contribution < 1.29 is 9.90 Å². The molecule has 6 nitrogen and oxygen atoms in total. The number of carboxylic acid groups (broad SMARTS) is 1. The summed E-state index contributed by atoms with van der Waals surface area (Å²) in [5.74, 6) is -0.321. The van der Waals surface area contributed by atoms with Crippen molar-refractivity contribution in [3.8, 4) is 0 Å². The van der Waals surface area contributed by atoms with Gasteiger partial charge in [-0.2, -0.15) is 5.10 Å². The van der Waals surface area contributed by atoms with Gasteiger partial charge in [-0.1, -0.05) is 36.4 Å². The summed E-state index contributed by atoms with van der Waals surface area (Å²) < 4.78 is 3.75. The van der Waals surface area contributed by atoms with Crippen LogP contribution in [0, 0.1) is 4.77 Å². The lowest BCUT2D eigenvalue weighted by Crippen LogP contribution is -2.35. The van der Waals surface area contributed by atoms with Crippen molar-refractivity contribution in [2.45, 2.75) is 25.6 Å². The number of aliphatic carboxylic acids is 1. The maximum Gasteiger partial charge on any atom is 0.322 e. The number of rotatable bonds is 7. The molecule has 0 radical (unpaired) electrons. The Labute approximate surface area is 133 Å². The number of allylic oxidation sites excluding steroid dienone is 1. The van der Waals surface area contributed by atoms with E-state index in [4.69, 9.17) is 23.1 Å². The van der Waals surface area contributed by atoms with Gasteiger partial charge in [-0.05, 0) is 17.8 Å². The Hall–Kier alpha value is -2.25. The first kappa shape index (κ1) is 16.1. The maximum absolute atomic E-state index is 10.9. The quantitative estimate of drug-likeness (QED) is 0.598. The normalized spacial score (nSPS) is 12.0. The highest BCUT2D eigenvalue weighted by Gasteiger charge is 2.16. The SMILES string of the molecule is C=CCn1c(Cc2ccccc2)nn(C[C@H](N)C(=O)O)c1=S. The van der Waals surface area contributed by atoms with Gasteiger partial charge < -0.3 is 10.8 Å². The Bertz CT molecular complexity index is 721. The lowest BCUT2D eigenvalue weighted by molar-refractivity contribution is -0.138. The van der Waals surface area contributed by atoms with Gasteiger partial charge in [0, 0.05) is 13.0 Å². The van der Waals surface area contributed by atoms with Gasteiger partial charge in [0.1, 0.15) is 11.9 Å². The highest BCUT2D eigenvalue weighted by molar-refractivity contribution is 7.71. The second-order valence-corrected chi connectivity index (χ2v) is 5.25. The Morgan fingerprint density at radius 1 is 1.45 bits per heavy atom. The van der Waals surface area contributed by atoms with Crippen LogP contribution in [0.4, 0.5) is 0 Å². The van der Waals surface area contributed by atoms with Crippen molar-refractivity contribution in [1.29, 1.82) is 0 Å². The third-order valence-corrected chi connectivity index (χ3v) is 3.63. The van der Waals surface area contributed by atoms with E-state index >= 15 is 0 Å². The Balaban J connectivity index is 2.34. The molecular weight excluding hydrogens is 300 g/mol. The minimum Gasteiger partial charge on any atom is -0.480 e. The van der Waals surface area contributed by atoms with Crippen molar-refractivity contribution in [3.05, 3.63) is 59.1 Å². The number of benzene rings is 1. The summed E-state index contributed by atoms with van der Waals surface area (Å²) >= 11 is 5.37. The number of hydrogen-bond acceptors (Lipinski definition) is 4. The lowest BCUT2D eigenvalue weighted by Gasteiger charge is -2.05. The van der Waals surface area contributed by atoms with Gasteiger partial charge in [-0.25, -0.2) is 4.68 Å². The molecule has 2 rings (SSSR count). The molecule has 22 heavy (non-hydrogen) atoms. The topological polar surface area (TPSA) is 86.1 Å². The van der Waals surface area contributed by atoms with Crippen molar-refractivity contribution in [2.24, 2.45) is 5.73 Å². The van der Waals surface area contributed by atoms with E-state index in [2.05, 4.69) is 11.7 Å². The molecule has 0 saturated carbocycles. The fourth-order valence-electron chi connectivity index (χ4n) is 2.09. The summed E-state index contributed by atoms with van der Waals surface area (Å²) in [7, 11) is 0. The molecule has 1 aromatic carbocycles. The summed E-state index contributed by atoms with van der Waals surface area (Å²) in [6, 6.07) is 8.83. The van der Waals surface area contributed by atoms with E-state index in [1.165, 1.54) is 4.68 Å². The Morgan fingerprint density at radius 3 is 2.73 bits per heavy atom. The molecule has 0 spiro atoms. The monoisotopic (exact) mass is 318 g/mol. The third-order valence-electron chi connectivity index (χ3n) is 3.20. The number of nitrogens with two attached hydrogens (primary N) is 1. The fourth-order valence-corrected chi connectivity index (χ4v) is 2.39. The van der Waals surface area contributed by atoms with Crippen LogP contribution in [0.1, 0.15) is 11.4 Å². The van der Waals surface area contributed by atoms with E-state index in [-0.39, 0.29) is 6.54 Å². The summed E-state index contributed by atoms with van der Waals surface area (Å²) in [6.07, 6.45) is 2.33. The molecule has 0 aliphatic carbocycles. The van der Waals surface area contributed by atoms with E-state index < -0.39 is 12.0 Å². The summed E-state index contributed by atoms with van der Waals surface area (Å²) in [6.45, 7) is 4.28. The second-order valence-electron chi connectivity index (χ2n) is 4.89. The zero-order chi connectivity index (χ0) is 16.1. The second kappa shape index (κ2) is 7.15. The van der Waals surface area contributed by atoms with E-state index in [9.17, 15) is 4.79 Å². The minimum atomic E-state index is -1.08. The number of carbonyl (C=O) groups is 1. The third kappa shape index (κ3) is 3.69. The van der Waals surface area contributed by atoms with Crippen LogP contribution in [-0.2, 0) is 24.3 Å². The molecule has 7 heteroatoms. The molecule has 0 bridgehead atoms. The lowest BCUT2D eigenvalue weighted by atomic mass is 10.1. The molecule has 1 aromatic heterocycles. The smallest absolute Gasteiger partial charge is 0.322 e. The molecule has 116 valence electrons. The van der Waals surface area contributed by atoms with Crippen LogP contribution in [0.3, 0.4) is 0 Å². The highest BCUT2D eigenvalue weighted by atomic mass is 32.1. The van der Waals surface area contributed by atoms with E-state index in [1.807, 2.05) is 34.9 Å². The first-order chi connectivity index (χ1) is 10.5. The van der Waals surface area contributed by atoms with Crippen molar-refractivity contribution in [2.75, 3.05) is 0 Å². The highest BCUT2D eigenvalue weighted by Crippen LogP contribution is 2.10. The number of nitrogens with zero attached hydrogens (tertiary/aromatic N) is 3.